The fourth-order valence-corrected chi connectivity index (χ4v) is 4.86. The fourth-order valence-electron chi connectivity index (χ4n) is 4.86. The summed E-state index contributed by atoms with van der Waals surface area (Å²) in [6, 6.07) is 25.1. The second-order valence-electron chi connectivity index (χ2n) is 8.33. The van der Waals surface area contributed by atoms with Gasteiger partial charge in [-0.3, -0.25) is 4.79 Å². The zero-order chi connectivity index (χ0) is 21.2. The zero-order valence-electron chi connectivity index (χ0n) is 17.4. The van der Waals surface area contributed by atoms with Crippen LogP contribution in [0.5, 0.6) is 0 Å². The van der Waals surface area contributed by atoms with Crippen LogP contribution < -0.4 is 15.1 Å². The van der Waals surface area contributed by atoms with E-state index in [1.165, 1.54) is 23.4 Å². The number of carbonyl (C=O) groups excluding carboxylic acids is 1. The average Bonchev–Trinajstić information content (AvgIpc) is 2.83. The van der Waals surface area contributed by atoms with Crippen LogP contribution >= 0.6 is 0 Å². The summed E-state index contributed by atoms with van der Waals surface area (Å²) in [7, 11) is 0. The van der Waals surface area contributed by atoms with Gasteiger partial charge in [0.1, 0.15) is 5.82 Å². The molecular weight excluding hydrogens is 389 g/mol. The Morgan fingerprint density at radius 1 is 0.935 bits per heavy atom. The van der Waals surface area contributed by atoms with Crippen LogP contribution in [0, 0.1) is 11.7 Å². The zero-order valence-corrected chi connectivity index (χ0v) is 17.4. The minimum atomic E-state index is -0.229. The van der Waals surface area contributed by atoms with Crippen molar-refractivity contribution in [2.45, 2.75) is 19.0 Å². The van der Waals surface area contributed by atoms with E-state index in [0.29, 0.717) is 6.54 Å². The van der Waals surface area contributed by atoms with Crippen LogP contribution in [0.15, 0.2) is 78.9 Å². The van der Waals surface area contributed by atoms with E-state index >= 15 is 0 Å². The third kappa shape index (κ3) is 4.00. The first-order valence-corrected chi connectivity index (χ1v) is 10.9. The SMILES string of the molecule is O=C(NCc1ccccc1)[C@H]1Cc2ccccc2N2CCN(c3ccc(F)cc3)C[C@H]12. The highest BCUT2D eigenvalue weighted by molar-refractivity contribution is 5.82. The molecule has 5 heteroatoms. The van der Waals surface area contributed by atoms with E-state index in [1.807, 2.05) is 48.5 Å². The Morgan fingerprint density at radius 3 is 2.48 bits per heavy atom. The van der Waals surface area contributed by atoms with Crippen LogP contribution in [0.25, 0.3) is 0 Å². The minimum absolute atomic E-state index is 0.0736. The van der Waals surface area contributed by atoms with Gasteiger partial charge < -0.3 is 15.1 Å². The highest BCUT2D eigenvalue weighted by Gasteiger charge is 2.41. The molecule has 2 heterocycles. The maximum atomic E-state index is 13.4. The number of rotatable bonds is 4. The van der Waals surface area contributed by atoms with Gasteiger partial charge in [0.15, 0.2) is 0 Å². The normalized spacial score (nSPS) is 20.0. The molecule has 0 unspecified atom stereocenters. The van der Waals surface area contributed by atoms with Gasteiger partial charge in [-0.05, 0) is 47.9 Å². The number of fused-ring (bicyclic) bond motifs is 3. The topological polar surface area (TPSA) is 35.6 Å². The quantitative estimate of drug-likeness (QED) is 0.699. The number of para-hydroxylation sites is 1. The molecule has 4 nitrogen and oxygen atoms in total. The molecule has 0 aliphatic carbocycles. The summed E-state index contributed by atoms with van der Waals surface area (Å²) < 4.78 is 13.4. The number of piperazine rings is 1. The van der Waals surface area contributed by atoms with E-state index in [-0.39, 0.29) is 23.7 Å². The van der Waals surface area contributed by atoms with Gasteiger partial charge in [0.05, 0.1) is 12.0 Å². The summed E-state index contributed by atoms with van der Waals surface area (Å²) >= 11 is 0. The number of nitrogens with one attached hydrogen (secondary N) is 1. The predicted molar refractivity (Wildman–Crippen MR) is 122 cm³/mol. The lowest BCUT2D eigenvalue weighted by Crippen LogP contribution is -2.61. The number of hydrogen-bond acceptors (Lipinski definition) is 3. The molecule has 2 aliphatic heterocycles. The number of carbonyl (C=O) groups is 1. The van der Waals surface area contributed by atoms with Crippen molar-refractivity contribution in [2.75, 3.05) is 29.4 Å². The fraction of sp³-hybridized carbons (Fsp3) is 0.269. The van der Waals surface area contributed by atoms with Gasteiger partial charge in [-0.2, -0.15) is 0 Å². The summed E-state index contributed by atoms with van der Waals surface area (Å²) in [5.41, 5.74) is 4.57. The summed E-state index contributed by atoms with van der Waals surface area (Å²) in [4.78, 5) is 18.0. The molecule has 2 aliphatic rings. The summed E-state index contributed by atoms with van der Waals surface area (Å²) in [5, 5.41) is 3.16. The second-order valence-corrected chi connectivity index (χ2v) is 8.33. The van der Waals surface area contributed by atoms with Crippen molar-refractivity contribution >= 4 is 17.3 Å². The van der Waals surface area contributed by atoms with Crippen molar-refractivity contribution in [3.63, 3.8) is 0 Å². The van der Waals surface area contributed by atoms with E-state index in [0.717, 1.165) is 37.3 Å². The molecule has 158 valence electrons. The molecule has 1 fully saturated rings. The molecule has 1 saturated heterocycles. The Morgan fingerprint density at radius 2 is 1.68 bits per heavy atom. The Balaban J connectivity index is 1.39. The van der Waals surface area contributed by atoms with Crippen LogP contribution in [-0.4, -0.2) is 31.6 Å². The first-order chi connectivity index (χ1) is 15.2. The molecule has 5 rings (SSSR count). The largest absolute Gasteiger partial charge is 0.368 e. The molecule has 3 aromatic carbocycles. The maximum absolute atomic E-state index is 13.4. The Bertz CT molecular complexity index is 1050. The van der Waals surface area contributed by atoms with Crippen molar-refractivity contribution in [3.05, 3.63) is 95.8 Å². The third-order valence-corrected chi connectivity index (χ3v) is 6.46. The maximum Gasteiger partial charge on any atom is 0.225 e. The number of halogens is 1. The number of benzene rings is 3. The van der Waals surface area contributed by atoms with Gasteiger partial charge in [-0.1, -0.05) is 48.5 Å². The monoisotopic (exact) mass is 415 g/mol. The lowest BCUT2D eigenvalue weighted by Gasteiger charge is -2.49. The van der Waals surface area contributed by atoms with Gasteiger partial charge in [-0.25, -0.2) is 4.39 Å². The number of amides is 1. The first-order valence-electron chi connectivity index (χ1n) is 10.9. The van der Waals surface area contributed by atoms with Gasteiger partial charge in [0.25, 0.3) is 0 Å². The van der Waals surface area contributed by atoms with E-state index in [2.05, 4.69) is 33.3 Å². The lowest BCUT2D eigenvalue weighted by atomic mass is 9.83. The van der Waals surface area contributed by atoms with Crippen molar-refractivity contribution < 1.29 is 9.18 Å². The van der Waals surface area contributed by atoms with Crippen molar-refractivity contribution in [3.8, 4) is 0 Å². The molecule has 1 amide bonds. The predicted octanol–water partition coefficient (Wildman–Crippen LogP) is 4.01. The first kappa shape index (κ1) is 19.6. The number of hydrogen-bond donors (Lipinski definition) is 1. The smallest absolute Gasteiger partial charge is 0.225 e. The average molecular weight is 416 g/mol. The van der Waals surface area contributed by atoms with E-state index < -0.39 is 0 Å². The molecule has 31 heavy (non-hydrogen) atoms. The highest BCUT2D eigenvalue weighted by Crippen LogP contribution is 2.37. The molecule has 0 radical (unpaired) electrons. The van der Waals surface area contributed by atoms with Crippen LogP contribution in [0.2, 0.25) is 0 Å². The van der Waals surface area contributed by atoms with Crippen molar-refractivity contribution in [1.29, 1.82) is 0 Å². The Kier molecular flexibility index (Phi) is 5.33. The molecule has 0 saturated carbocycles. The van der Waals surface area contributed by atoms with E-state index in [1.54, 1.807) is 0 Å². The Labute approximate surface area is 182 Å². The van der Waals surface area contributed by atoms with Crippen LogP contribution in [-0.2, 0) is 17.8 Å². The number of anilines is 2. The molecule has 0 bridgehead atoms. The standard InChI is InChI=1S/C26H26FN3O/c27-21-10-12-22(13-11-21)29-14-15-30-24-9-5-4-8-20(24)16-23(25(30)18-29)26(31)28-17-19-6-2-1-3-7-19/h1-13,23,25H,14-18H2,(H,28,31)/t23-,25+/m0/s1. The Hall–Kier alpha value is -3.34. The highest BCUT2D eigenvalue weighted by atomic mass is 19.1. The third-order valence-electron chi connectivity index (χ3n) is 6.46. The van der Waals surface area contributed by atoms with E-state index in [4.69, 9.17) is 0 Å². The summed E-state index contributed by atoms with van der Waals surface area (Å²) in [5.74, 6) is -0.275. The molecule has 1 N–H and O–H groups in total. The van der Waals surface area contributed by atoms with Gasteiger partial charge in [0, 0.05) is 37.6 Å². The van der Waals surface area contributed by atoms with Crippen molar-refractivity contribution in [2.24, 2.45) is 5.92 Å². The second kappa shape index (κ2) is 8.42. The van der Waals surface area contributed by atoms with Crippen LogP contribution in [0.3, 0.4) is 0 Å². The van der Waals surface area contributed by atoms with Crippen molar-refractivity contribution in [1.82, 2.24) is 5.32 Å². The van der Waals surface area contributed by atoms with Gasteiger partial charge >= 0.3 is 0 Å². The van der Waals surface area contributed by atoms with Gasteiger partial charge in [-0.15, -0.1) is 0 Å². The van der Waals surface area contributed by atoms with E-state index in [9.17, 15) is 9.18 Å². The molecular formula is C26H26FN3O. The molecule has 2 atom stereocenters. The molecule has 3 aromatic rings. The molecule has 0 spiro atoms. The van der Waals surface area contributed by atoms with Crippen LogP contribution in [0.4, 0.5) is 15.8 Å². The lowest BCUT2D eigenvalue weighted by molar-refractivity contribution is -0.126. The summed E-state index contributed by atoms with van der Waals surface area (Å²) in [6.45, 7) is 2.95. The van der Waals surface area contributed by atoms with Crippen LogP contribution in [0.1, 0.15) is 11.1 Å². The molecule has 0 aromatic heterocycles. The number of nitrogens with zero attached hydrogens (tertiary/aromatic N) is 2. The van der Waals surface area contributed by atoms with Gasteiger partial charge in [0.2, 0.25) is 5.91 Å². The minimum Gasteiger partial charge on any atom is -0.368 e. The summed E-state index contributed by atoms with van der Waals surface area (Å²) in [6.07, 6.45) is 0.731.